The van der Waals surface area contributed by atoms with Gasteiger partial charge < -0.3 is 14.8 Å². The van der Waals surface area contributed by atoms with Gasteiger partial charge in [0.2, 0.25) is 5.91 Å². The Morgan fingerprint density at radius 3 is 2.86 bits per heavy atom. The van der Waals surface area contributed by atoms with Crippen LogP contribution in [0.15, 0.2) is 24.3 Å². The highest BCUT2D eigenvalue weighted by Crippen LogP contribution is 2.33. The van der Waals surface area contributed by atoms with Gasteiger partial charge in [-0.3, -0.25) is 4.79 Å². The zero-order valence-corrected chi connectivity index (χ0v) is 12.9. The lowest BCUT2D eigenvalue weighted by molar-refractivity contribution is -0.126. The van der Waals surface area contributed by atoms with Crippen molar-refractivity contribution in [2.75, 3.05) is 26.4 Å². The number of rotatable bonds is 6. The van der Waals surface area contributed by atoms with Crippen molar-refractivity contribution in [1.29, 1.82) is 0 Å². The Bertz CT molecular complexity index is 444. The lowest BCUT2D eigenvalue weighted by Gasteiger charge is -2.32. The van der Waals surface area contributed by atoms with Crippen molar-refractivity contribution < 1.29 is 14.3 Å². The Hall–Kier alpha value is -1.39. The molecule has 1 fully saturated rings. The number of ether oxygens (including phenoxy) is 2. The van der Waals surface area contributed by atoms with Gasteiger partial charge in [-0.25, -0.2) is 0 Å². The normalized spacial score (nSPS) is 22.0. The van der Waals surface area contributed by atoms with E-state index in [2.05, 4.69) is 36.5 Å². The van der Waals surface area contributed by atoms with Gasteiger partial charge >= 0.3 is 0 Å². The molecule has 1 aliphatic rings. The maximum absolute atomic E-state index is 11.7. The minimum Gasteiger partial charge on any atom is -0.373 e. The topological polar surface area (TPSA) is 47.6 Å². The van der Waals surface area contributed by atoms with Crippen molar-refractivity contribution in [3.8, 4) is 0 Å². The Morgan fingerprint density at radius 2 is 2.14 bits per heavy atom. The largest absolute Gasteiger partial charge is 0.373 e. The highest BCUT2D eigenvalue weighted by atomic mass is 16.5. The van der Waals surface area contributed by atoms with E-state index in [1.165, 1.54) is 11.1 Å². The second-order valence-corrected chi connectivity index (χ2v) is 5.55. The van der Waals surface area contributed by atoms with Crippen LogP contribution in [-0.4, -0.2) is 32.3 Å². The molecule has 1 aliphatic heterocycles. The average molecular weight is 291 g/mol. The van der Waals surface area contributed by atoms with Gasteiger partial charge in [-0.2, -0.15) is 0 Å². The fourth-order valence-electron chi connectivity index (χ4n) is 2.67. The van der Waals surface area contributed by atoms with Crippen LogP contribution in [-0.2, 0) is 14.3 Å². The highest BCUT2D eigenvalue weighted by Gasteiger charge is 2.27. The molecule has 116 valence electrons. The van der Waals surface area contributed by atoms with E-state index in [9.17, 15) is 4.79 Å². The second kappa shape index (κ2) is 8.15. The predicted octanol–water partition coefficient (Wildman–Crippen LogP) is 2.62. The van der Waals surface area contributed by atoms with Gasteiger partial charge in [0.1, 0.15) is 6.61 Å². The van der Waals surface area contributed by atoms with Crippen molar-refractivity contribution in [2.45, 2.75) is 32.8 Å². The van der Waals surface area contributed by atoms with E-state index < -0.39 is 0 Å². The zero-order chi connectivity index (χ0) is 15.1. The lowest BCUT2D eigenvalue weighted by atomic mass is 9.89. The molecule has 0 bridgehead atoms. The van der Waals surface area contributed by atoms with E-state index in [1.54, 1.807) is 0 Å². The molecule has 0 aliphatic carbocycles. The van der Waals surface area contributed by atoms with Crippen LogP contribution in [0.3, 0.4) is 0 Å². The van der Waals surface area contributed by atoms with E-state index in [4.69, 9.17) is 9.47 Å². The standard InChI is InChI=1S/C17H25NO3/c1-3-20-12-16(19)18-11-15-5-4-10-21-17(15)14-8-6-13(2)7-9-14/h6-9,15,17H,3-5,10-12H2,1-2H3,(H,18,19)/t15-,17+/m0/s1. The van der Waals surface area contributed by atoms with Crippen LogP contribution in [0.1, 0.15) is 37.0 Å². The molecule has 1 aromatic carbocycles. The molecular formula is C17H25NO3. The summed E-state index contributed by atoms with van der Waals surface area (Å²) in [5.41, 5.74) is 2.44. The summed E-state index contributed by atoms with van der Waals surface area (Å²) in [6.45, 7) is 6.10. The molecule has 0 unspecified atom stereocenters. The smallest absolute Gasteiger partial charge is 0.246 e. The first-order chi connectivity index (χ1) is 10.2. The maximum atomic E-state index is 11.7. The Labute approximate surface area is 126 Å². The summed E-state index contributed by atoms with van der Waals surface area (Å²) < 4.78 is 11.1. The summed E-state index contributed by atoms with van der Waals surface area (Å²) in [5.74, 6) is 0.275. The number of nitrogens with one attached hydrogen (secondary N) is 1. The summed E-state index contributed by atoms with van der Waals surface area (Å²) in [7, 11) is 0. The van der Waals surface area contributed by atoms with Gasteiger partial charge in [-0.1, -0.05) is 29.8 Å². The van der Waals surface area contributed by atoms with Crippen LogP contribution in [0.5, 0.6) is 0 Å². The number of benzene rings is 1. The molecule has 21 heavy (non-hydrogen) atoms. The molecule has 0 saturated carbocycles. The molecule has 1 N–H and O–H groups in total. The van der Waals surface area contributed by atoms with Gasteiger partial charge in [0.15, 0.2) is 0 Å². The molecule has 2 rings (SSSR count). The van der Waals surface area contributed by atoms with E-state index in [-0.39, 0.29) is 18.6 Å². The van der Waals surface area contributed by atoms with Crippen molar-refractivity contribution in [3.63, 3.8) is 0 Å². The first-order valence-corrected chi connectivity index (χ1v) is 7.73. The van der Waals surface area contributed by atoms with Crippen LogP contribution in [0, 0.1) is 12.8 Å². The molecule has 0 spiro atoms. The summed E-state index contributed by atoms with van der Waals surface area (Å²) in [5, 5.41) is 2.95. The quantitative estimate of drug-likeness (QED) is 0.876. The van der Waals surface area contributed by atoms with E-state index >= 15 is 0 Å². The van der Waals surface area contributed by atoms with Gasteiger partial charge in [0.05, 0.1) is 6.10 Å². The molecule has 0 aromatic heterocycles. The van der Waals surface area contributed by atoms with Crippen molar-refractivity contribution in [1.82, 2.24) is 5.32 Å². The molecule has 2 atom stereocenters. The Balaban J connectivity index is 1.92. The number of hydrogen-bond donors (Lipinski definition) is 1. The minimum absolute atomic E-state index is 0.0509. The molecular weight excluding hydrogens is 266 g/mol. The number of carbonyl (C=O) groups is 1. The van der Waals surface area contributed by atoms with Crippen molar-refractivity contribution >= 4 is 5.91 Å². The van der Waals surface area contributed by atoms with Crippen molar-refractivity contribution in [3.05, 3.63) is 35.4 Å². The summed E-state index contributed by atoms with van der Waals surface area (Å²) in [4.78, 5) is 11.7. The molecule has 0 radical (unpaired) electrons. The Morgan fingerprint density at radius 1 is 1.38 bits per heavy atom. The van der Waals surface area contributed by atoms with Crippen LogP contribution in [0.2, 0.25) is 0 Å². The average Bonchev–Trinajstić information content (AvgIpc) is 2.52. The van der Waals surface area contributed by atoms with Gasteiger partial charge in [0.25, 0.3) is 0 Å². The fraction of sp³-hybridized carbons (Fsp3) is 0.588. The van der Waals surface area contributed by atoms with E-state index in [0.717, 1.165) is 19.4 Å². The maximum Gasteiger partial charge on any atom is 0.246 e. The molecule has 4 nitrogen and oxygen atoms in total. The zero-order valence-electron chi connectivity index (χ0n) is 12.9. The van der Waals surface area contributed by atoms with Crippen molar-refractivity contribution in [2.24, 2.45) is 5.92 Å². The number of aryl methyl sites for hydroxylation is 1. The number of amides is 1. The fourth-order valence-corrected chi connectivity index (χ4v) is 2.67. The minimum atomic E-state index is -0.0509. The highest BCUT2D eigenvalue weighted by molar-refractivity contribution is 5.77. The summed E-state index contributed by atoms with van der Waals surface area (Å²) in [6, 6.07) is 8.47. The van der Waals surface area contributed by atoms with Gasteiger partial charge in [-0.15, -0.1) is 0 Å². The third-order valence-electron chi connectivity index (χ3n) is 3.85. The van der Waals surface area contributed by atoms with Crippen LogP contribution in [0.25, 0.3) is 0 Å². The third-order valence-corrected chi connectivity index (χ3v) is 3.85. The van der Waals surface area contributed by atoms with Crippen LogP contribution >= 0.6 is 0 Å². The molecule has 1 saturated heterocycles. The molecule has 4 heteroatoms. The monoisotopic (exact) mass is 291 g/mol. The Kier molecular flexibility index (Phi) is 6.21. The SMILES string of the molecule is CCOCC(=O)NC[C@@H]1CCCO[C@@H]1c1ccc(C)cc1. The predicted molar refractivity (Wildman–Crippen MR) is 82.1 cm³/mol. The van der Waals surface area contributed by atoms with E-state index in [1.807, 2.05) is 6.92 Å². The van der Waals surface area contributed by atoms with Crippen LogP contribution in [0.4, 0.5) is 0 Å². The first kappa shape index (κ1) is 16.0. The molecule has 1 amide bonds. The molecule has 1 heterocycles. The lowest BCUT2D eigenvalue weighted by Crippen LogP contribution is -2.36. The van der Waals surface area contributed by atoms with E-state index in [0.29, 0.717) is 19.1 Å². The summed E-state index contributed by atoms with van der Waals surface area (Å²) >= 11 is 0. The first-order valence-electron chi connectivity index (χ1n) is 7.73. The van der Waals surface area contributed by atoms with Crippen LogP contribution < -0.4 is 5.32 Å². The second-order valence-electron chi connectivity index (χ2n) is 5.55. The number of hydrogen-bond acceptors (Lipinski definition) is 3. The van der Waals surface area contributed by atoms with Gasteiger partial charge in [-0.05, 0) is 32.3 Å². The van der Waals surface area contributed by atoms with Gasteiger partial charge in [0, 0.05) is 25.7 Å². The summed E-state index contributed by atoms with van der Waals surface area (Å²) in [6.07, 6.45) is 2.20. The third kappa shape index (κ3) is 4.83. The number of carbonyl (C=O) groups excluding carboxylic acids is 1. The molecule has 1 aromatic rings.